The highest BCUT2D eigenvalue weighted by Gasteiger charge is 2.51. The van der Waals surface area contributed by atoms with Crippen molar-refractivity contribution in [1.82, 2.24) is 15.5 Å². The molecule has 1 unspecified atom stereocenters. The van der Waals surface area contributed by atoms with Crippen LogP contribution in [-0.4, -0.2) is 34.8 Å². The molecule has 28 heavy (non-hydrogen) atoms. The molecule has 2 aromatic rings. The first-order chi connectivity index (χ1) is 13.5. The average molecular weight is 379 g/mol. The smallest absolute Gasteiger partial charge is 0.325 e. The van der Waals surface area contributed by atoms with Crippen molar-refractivity contribution in [2.75, 3.05) is 6.54 Å². The van der Waals surface area contributed by atoms with Gasteiger partial charge in [0.1, 0.15) is 12.1 Å². The van der Waals surface area contributed by atoms with Gasteiger partial charge in [0, 0.05) is 0 Å². The van der Waals surface area contributed by atoms with Crippen molar-refractivity contribution in [3.8, 4) is 0 Å². The fourth-order valence-corrected chi connectivity index (χ4v) is 4.31. The minimum Gasteiger partial charge on any atom is -0.348 e. The van der Waals surface area contributed by atoms with Crippen LogP contribution in [-0.2, 0) is 9.59 Å². The van der Waals surface area contributed by atoms with E-state index in [9.17, 15) is 14.4 Å². The molecule has 146 valence electrons. The largest absolute Gasteiger partial charge is 0.348 e. The van der Waals surface area contributed by atoms with Gasteiger partial charge in [-0.1, -0.05) is 55.7 Å². The maximum atomic E-state index is 12.8. The third-order valence-electron chi connectivity index (χ3n) is 5.91. The number of amides is 4. The summed E-state index contributed by atoms with van der Waals surface area (Å²) in [6.07, 6.45) is 4.23. The Balaban J connectivity index is 1.42. The van der Waals surface area contributed by atoms with Gasteiger partial charge in [0.2, 0.25) is 5.91 Å². The Labute approximate surface area is 164 Å². The van der Waals surface area contributed by atoms with Crippen LogP contribution in [0.4, 0.5) is 4.79 Å². The Morgan fingerprint density at radius 2 is 1.82 bits per heavy atom. The van der Waals surface area contributed by atoms with E-state index in [0.717, 1.165) is 40.5 Å². The van der Waals surface area contributed by atoms with Crippen LogP contribution < -0.4 is 10.6 Å². The number of nitrogens with zero attached hydrogens (tertiary/aromatic N) is 1. The minimum absolute atomic E-state index is 0.221. The quantitative estimate of drug-likeness (QED) is 0.801. The fraction of sp³-hybridized carbons (Fsp3) is 0.409. The second-order valence-corrected chi connectivity index (χ2v) is 7.86. The van der Waals surface area contributed by atoms with Crippen LogP contribution in [0.1, 0.15) is 50.6 Å². The van der Waals surface area contributed by atoms with Crippen LogP contribution in [0.2, 0.25) is 0 Å². The van der Waals surface area contributed by atoms with Crippen molar-refractivity contribution in [3.63, 3.8) is 0 Å². The third kappa shape index (κ3) is 3.35. The molecule has 1 aliphatic carbocycles. The molecule has 6 nitrogen and oxygen atoms in total. The summed E-state index contributed by atoms with van der Waals surface area (Å²) in [6.45, 7) is 1.65. The second-order valence-electron chi connectivity index (χ2n) is 7.86. The van der Waals surface area contributed by atoms with E-state index in [0.29, 0.717) is 12.8 Å². The highest BCUT2D eigenvalue weighted by Crippen LogP contribution is 2.33. The van der Waals surface area contributed by atoms with Crippen LogP contribution in [0.5, 0.6) is 0 Å². The molecule has 1 atom stereocenters. The van der Waals surface area contributed by atoms with E-state index in [4.69, 9.17) is 0 Å². The molecule has 2 fully saturated rings. The zero-order valence-electron chi connectivity index (χ0n) is 16.0. The Hall–Kier alpha value is -2.89. The zero-order chi connectivity index (χ0) is 19.7. The van der Waals surface area contributed by atoms with Crippen LogP contribution in [0.3, 0.4) is 0 Å². The van der Waals surface area contributed by atoms with Gasteiger partial charge in [-0.05, 0) is 42.2 Å². The van der Waals surface area contributed by atoms with E-state index >= 15 is 0 Å². The Morgan fingerprint density at radius 3 is 2.57 bits per heavy atom. The first kappa shape index (κ1) is 18.5. The van der Waals surface area contributed by atoms with Crippen molar-refractivity contribution in [3.05, 3.63) is 48.0 Å². The van der Waals surface area contributed by atoms with Gasteiger partial charge in [0.15, 0.2) is 0 Å². The van der Waals surface area contributed by atoms with Gasteiger partial charge < -0.3 is 10.6 Å². The summed E-state index contributed by atoms with van der Waals surface area (Å²) in [6, 6.07) is 13.4. The average Bonchev–Trinajstić information content (AvgIpc) is 2.92. The molecule has 1 saturated heterocycles. The van der Waals surface area contributed by atoms with Gasteiger partial charge in [0.05, 0.1) is 6.04 Å². The van der Waals surface area contributed by atoms with E-state index in [1.54, 1.807) is 0 Å². The molecule has 2 aromatic carbocycles. The summed E-state index contributed by atoms with van der Waals surface area (Å²) in [7, 11) is 0. The van der Waals surface area contributed by atoms with Crippen molar-refractivity contribution in [2.45, 2.75) is 50.6 Å². The van der Waals surface area contributed by atoms with Gasteiger partial charge in [0.25, 0.3) is 5.91 Å². The maximum Gasteiger partial charge on any atom is 0.325 e. The highest BCUT2D eigenvalue weighted by atomic mass is 16.2. The number of hydrogen-bond acceptors (Lipinski definition) is 3. The summed E-state index contributed by atoms with van der Waals surface area (Å²) >= 11 is 0. The molecule has 0 aromatic heterocycles. The van der Waals surface area contributed by atoms with Gasteiger partial charge in [-0.25, -0.2) is 4.79 Å². The lowest BCUT2D eigenvalue weighted by atomic mass is 9.82. The predicted molar refractivity (Wildman–Crippen MR) is 107 cm³/mol. The molecule has 0 radical (unpaired) electrons. The topological polar surface area (TPSA) is 78.5 Å². The van der Waals surface area contributed by atoms with Crippen LogP contribution >= 0.6 is 0 Å². The standard InChI is InChI=1S/C22H25N3O3/c1-15(17-10-9-16-7-3-4-8-18(16)13-17)23-19(26)14-25-20(27)22(24-21(25)28)11-5-2-6-12-22/h3-4,7-10,13,15H,2,5-6,11-12,14H2,1H3,(H,23,26)(H,24,28). The Bertz CT molecular complexity index is 934. The lowest BCUT2D eigenvalue weighted by molar-refractivity contribution is -0.136. The molecule has 2 N–H and O–H groups in total. The minimum atomic E-state index is -0.792. The highest BCUT2D eigenvalue weighted by molar-refractivity contribution is 6.09. The summed E-state index contributed by atoms with van der Waals surface area (Å²) in [5.74, 6) is -0.595. The van der Waals surface area contributed by atoms with Crippen molar-refractivity contribution < 1.29 is 14.4 Å². The van der Waals surface area contributed by atoms with E-state index in [-0.39, 0.29) is 24.4 Å². The van der Waals surface area contributed by atoms with E-state index in [1.165, 1.54) is 0 Å². The molecule has 1 heterocycles. The van der Waals surface area contributed by atoms with Crippen LogP contribution in [0, 0.1) is 0 Å². The lowest BCUT2D eigenvalue weighted by Crippen LogP contribution is -2.49. The molecule has 0 bridgehead atoms. The summed E-state index contributed by atoms with van der Waals surface area (Å²) < 4.78 is 0. The van der Waals surface area contributed by atoms with Gasteiger partial charge in [-0.15, -0.1) is 0 Å². The van der Waals surface area contributed by atoms with E-state index < -0.39 is 11.6 Å². The number of fused-ring (bicyclic) bond motifs is 1. The van der Waals surface area contributed by atoms with E-state index in [1.807, 2.05) is 49.4 Å². The number of nitrogens with one attached hydrogen (secondary N) is 2. The summed E-state index contributed by atoms with van der Waals surface area (Å²) in [4.78, 5) is 38.7. The number of rotatable bonds is 4. The number of hydrogen-bond donors (Lipinski definition) is 2. The van der Waals surface area contributed by atoms with Crippen LogP contribution in [0.15, 0.2) is 42.5 Å². The summed E-state index contributed by atoms with van der Waals surface area (Å²) in [5.41, 5.74) is 0.188. The monoisotopic (exact) mass is 379 g/mol. The maximum absolute atomic E-state index is 12.8. The molecular formula is C22H25N3O3. The molecule has 2 aliphatic rings. The molecule has 1 aliphatic heterocycles. The molecule has 1 saturated carbocycles. The second kappa shape index (κ2) is 7.26. The Morgan fingerprint density at radius 1 is 1.11 bits per heavy atom. The molecule has 6 heteroatoms. The summed E-state index contributed by atoms with van der Waals surface area (Å²) in [5, 5.41) is 7.99. The first-order valence-electron chi connectivity index (χ1n) is 9.91. The predicted octanol–water partition coefficient (Wildman–Crippen LogP) is 3.27. The molecule has 4 rings (SSSR count). The third-order valence-corrected chi connectivity index (χ3v) is 5.91. The van der Waals surface area contributed by atoms with Crippen molar-refractivity contribution in [2.24, 2.45) is 0 Å². The van der Waals surface area contributed by atoms with E-state index in [2.05, 4.69) is 10.6 Å². The number of imide groups is 1. The number of carbonyl (C=O) groups is 3. The molecule has 4 amide bonds. The lowest BCUT2D eigenvalue weighted by Gasteiger charge is -2.30. The fourth-order valence-electron chi connectivity index (χ4n) is 4.31. The molecule has 1 spiro atoms. The zero-order valence-corrected chi connectivity index (χ0v) is 16.0. The van der Waals surface area contributed by atoms with Crippen molar-refractivity contribution in [1.29, 1.82) is 0 Å². The number of benzene rings is 2. The van der Waals surface area contributed by atoms with Crippen molar-refractivity contribution >= 4 is 28.6 Å². The van der Waals surface area contributed by atoms with Gasteiger partial charge >= 0.3 is 6.03 Å². The van der Waals surface area contributed by atoms with Gasteiger partial charge in [-0.2, -0.15) is 0 Å². The van der Waals surface area contributed by atoms with Crippen LogP contribution in [0.25, 0.3) is 10.8 Å². The van der Waals surface area contributed by atoms with Gasteiger partial charge in [-0.3, -0.25) is 14.5 Å². The Kier molecular flexibility index (Phi) is 4.79. The normalized spacial score (nSPS) is 19.7. The number of carbonyl (C=O) groups excluding carboxylic acids is 3. The first-order valence-corrected chi connectivity index (χ1v) is 9.91. The molecular weight excluding hydrogens is 354 g/mol. The number of urea groups is 1. The SMILES string of the molecule is CC(NC(=O)CN1C(=O)NC2(CCCCC2)C1=O)c1ccc2ccccc2c1.